The number of ether oxygens (including phenoxy) is 1. The largest absolute Gasteiger partial charge is 0.434 e. The first kappa shape index (κ1) is 24.7. The van der Waals surface area contributed by atoms with Crippen LogP contribution < -0.4 is 11.1 Å². The summed E-state index contributed by atoms with van der Waals surface area (Å²) in [5.74, 6) is -2.37. The fourth-order valence-electron chi connectivity index (χ4n) is 3.96. The molecular weight excluding hydrogens is 503 g/mol. The van der Waals surface area contributed by atoms with Crippen molar-refractivity contribution in [3.8, 4) is 0 Å². The van der Waals surface area contributed by atoms with E-state index in [-0.39, 0.29) is 11.3 Å². The van der Waals surface area contributed by atoms with Crippen LogP contribution >= 0.6 is 0 Å². The molecule has 4 rings (SSSR count). The number of halogens is 5. The van der Waals surface area contributed by atoms with E-state index in [1.54, 1.807) is 0 Å². The zero-order valence-electron chi connectivity index (χ0n) is 17.8. The maximum Gasteiger partial charge on any atom is 0.434 e. The van der Waals surface area contributed by atoms with Crippen molar-refractivity contribution in [3.63, 3.8) is 0 Å². The summed E-state index contributed by atoms with van der Waals surface area (Å²) < 4.78 is 98.7. The van der Waals surface area contributed by atoms with Crippen molar-refractivity contribution in [1.82, 2.24) is 14.3 Å². The van der Waals surface area contributed by atoms with E-state index >= 15 is 4.39 Å². The Labute approximate surface area is 195 Å². The van der Waals surface area contributed by atoms with Gasteiger partial charge < -0.3 is 15.8 Å². The Bertz CT molecular complexity index is 1300. The number of carbonyl (C=O) groups excluding carboxylic acids is 1. The lowest BCUT2D eigenvalue weighted by atomic mass is 9.86. The molecule has 0 aliphatic carbocycles. The van der Waals surface area contributed by atoms with Gasteiger partial charge >= 0.3 is 6.18 Å². The van der Waals surface area contributed by atoms with Gasteiger partial charge in [0.1, 0.15) is 35.1 Å². The summed E-state index contributed by atoms with van der Waals surface area (Å²) in [4.78, 5) is 23.2. The predicted octanol–water partition coefficient (Wildman–Crippen LogP) is 1.41. The van der Waals surface area contributed by atoms with E-state index in [1.807, 2.05) is 0 Å². The number of hydrogen-bond acceptors (Lipinski definition) is 8. The van der Waals surface area contributed by atoms with Gasteiger partial charge in [0.15, 0.2) is 5.69 Å². The Hall–Kier alpha value is -3.40. The van der Waals surface area contributed by atoms with E-state index in [2.05, 4.69) is 20.3 Å². The number of carbonyl (C=O) groups is 1. The van der Waals surface area contributed by atoms with Crippen LogP contribution in [0.15, 0.2) is 35.6 Å². The van der Waals surface area contributed by atoms with Gasteiger partial charge in [-0.25, -0.2) is 36.5 Å². The van der Waals surface area contributed by atoms with Crippen molar-refractivity contribution in [2.24, 2.45) is 10.7 Å². The van der Waals surface area contributed by atoms with Crippen LogP contribution in [0.2, 0.25) is 0 Å². The van der Waals surface area contributed by atoms with Gasteiger partial charge in [-0.3, -0.25) is 4.79 Å². The minimum atomic E-state index is -4.75. The minimum Gasteiger partial charge on any atom is -0.371 e. The SMILES string of the molecule is CN1C(N)=N[C@@]2(c3cc(NC(=O)c4cnc(C(F)(F)F)cn4)ccc3F)CO[C@@H](CF)[C@@H]2S1(=O)=O. The molecule has 3 N–H and O–H groups in total. The summed E-state index contributed by atoms with van der Waals surface area (Å²) in [5.41, 5.74) is 1.63. The molecule has 16 heteroatoms. The lowest BCUT2D eigenvalue weighted by Gasteiger charge is -2.39. The molecule has 0 bridgehead atoms. The topological polar surface area (TPSA) is 140 Å². The van der Waals surface area contributed by atoms with Gasteiger partial charge in [-0.2, -0.15) is 13.2 Å². The van der Waals surface area contributed by atoms with Crippen LogP contribution in [-0.4, -0.2) is 66.2 Å². The number of rotatable bonds is 4. The van der Waals surface area contributed by atoms with Gasteiger partial charge in [-0.15, -0.1) is 0 Å². The average molecular weight is 520 g/mol. The van der Waals surface area contributed by atoms with Gasteiger partial charge in [-0.05, 0) is 18.2 Å². The van der Waals surface area contributed by atoms with Crippen molar-refractivity contribution < 1.29 is 39.9 Å². The molecule has 0 spiro atoms. The quantitative estimate of drug-likeness (QED) is 0.581. The first-order chi connectivity index (χ1) is 16.3. The summed E-state index contributed by atoms with van der Waals surface area (Å²) in [6.45, 7) is -1.71. The molecule has 3 heterocycles. The summed E-state index contributed by atoms with van der Waals surface area (Å²) in [7, 11) is -3.20. The molecule has 2 aliphatic heterocycles. The number of anilines is 1. The van der Waals surface area contributed by atoms with Crippen LogP contribution in [0, 0.1) is 5.82 Å². The highest BCUT2D eigenvalue weighted by atomic mass is 32.2. The van der Waals surface area contributed by atoms with Crippen LogP contribution in [0.4, 0.5) is 27.6 Å². The molecule has 188 valence electrons. The van der Waals surface area contributed by atoms with Crippen molar-refractivity contribution in [3.05, 3.63) is 53.4 Å². The highest BCUT2D eigenvalue weighted by Crippen LogP contribution is 2.46. The van der Waals surface area contributed by atoms with Crippen LogP contribution in [0.25, 0.3) is 0 Å². The van der Waals surface area contributed by atoms with E-state index in [0.717, 1.165) is 25.2 Å². The first-order valence-electron chi connectivity index (χ1n) is 9.82. The Morgan fingerprint density at radius 3 is 2.63 bits per heavy atom. The lowest BCUT2D eigenvalue weighted by molar-refractivity contribution is -0.141. The number of amides is 1. The zero-order valence-corrected chi connectivity index (χ0v) is 18.6. The fraction of sp³-hybridized carbons (Fsp3) is 0.368. The van der Waals surface area contributed by atoms with E-state index in [9.17, 15) is 30.8 Å². The third kappa shape index (κ3) is 4.05. The van der Waals surface area contributed by atoms with Gasteiger partial charge in [0, 0.05) is 18.3 Å². The van der Waals surface area contributed by atoms with Crippen molar-refractivity contribution in [2.75, 3.05) is 25.6 Å². The normalized spacial score (nSPS) is 25.7. The number of benzene rings is 1. The molecule has 1 saturated heterocycles. The summed E-state index contributed by atoms with van der Waals surface area (Å²) in [6, 6.07) is 3.10. The molecule has 2 aliphatic rings. The maximum absolute atomic E-state index is 15.0. The van der Waals surface area contributed by atoms with Gasteiger partial charge in [0.2, 0.25) is 16.0 Å². The maximum atomic E-state index is 15.0. The van der Waals surface area contributed by atoms with Crippen molar-refractivity contribution in [2.45, 2.75) is 23.1 Å². The molecule has 0 radical (unpaired) electrons. The van der Waals surface area contributed by atoms with E-state index in [1.165, 1.54) is 0 Å². The van der Waals surface area contributed by atoms with E-state index in [0.29, 0.717) is 16.7 Å². The molecule has 1 fully saturated rings. The molecular formula is C19H17F5N6O4S. The molecule has 3 atom stereocenters. The molecule has 1 aromatic carbocycles. The molecule has 35 heavy (non-hydrogen) atoms. The molecule has 1 aromatic heterocycles. The number of aliphatic imine (C=N–C) groups is 1. The highest BCUT2D eigenvalue weighted by molar-refractivity contribution is 7.90. The second-order valence-corrected chi connectivity index (χ2v) is 9.85. The number of fused-ring (bicyclic) bond motifs is 1. The number of nitrogens with two attached hydrogens (primary N) is 1. The Balaban J connectivity index is 1.72. The summed E-state index contributed by atoms with van der Waals surface area (Å²) in [6.07, 6.45) is -5.22. The lowest BCUT2D eigenvalue weighted by Crippen LogP contribution is -2.59. The number of sulfonamides is 1. The second-order valence-electron chi connectivity index (χ2n) is 7.76. The Morgan fingerprint density at radius 2 is 2.03 bits per heavy atom. The number of guanidine groups is 1. The number of nitrogens with zero attached hydrogens (tertiary/aromatic N) is 4. The number of alkyl halides is 4. The van der Waals surface area contributed by atoms with Crippen molar-refractivity contribution >= 4 is 27.6 Å². The monoisotopic (exact) mass is 520 g/mol. The zero-order chi connectivity index (χ0) is 25.8. The number of hydrogen-bond donors (Lipinski definition) is 2. The highest BCUT2D eigenvalue weighted by Gasteiger charge is 2.62. The smallest absolute Gasteiger partial charge is 0.371 e. The third-order valence-electron chi connectivity index (χ3n) is 5.68. The molecule has 1 amide bonds. The summed E-state index contributed by atoms with van der Waals surface area (Å²) >= 11 is 0. The van der Waals surface area contributed by atoms with Crippen LogP contribution in [-0.2, 0) is 26.5 Å². The Morgan fingerprint density at radius 1 is 1.31 bits per heavy atom. The molecule has 10 nitrogen and oxygen atoms in total. The first-order valence-corrected chi connectivity index (χ1v) is 11.3. The van der Waals surface area contributed by atoms with Gasteiger partial charge in [0.05, 0.1) is 19.0 Å². The molecule has 2 aromatic rings. The van der Waals surface area contributed by atoms with Crippen LogP contribution in [0.3, 0.4) is 0 Å². The second kappa shape index (κ2) is 8.37. The standard InChI is InChI=1S/C19H17F5N6O4S/c1-30-17(25)29-18(8-34-13(5-20)15(18)35(30,32)33)10-4-9(2-3-11(10)21)28-16(31)12-6-27-14(7-26-12)19(22,23)24/h2-4,6-7,13,15H,5,8H2,1H3,(H2,25,29)(H,28,31)/t13-,15-,18+/m0/s1. The average Bonchev–Trinajstić information content (AvgIpc) is 3.19. The van der Waals surface area contributed by atoms with Crippen LogP contribution in [0.5, 0.6) is 0 Å². The van der Waals surface area contributed by atoms with Crippen molar-refractivity contribution in [1.29, 1.82) is 0 Å². The van der Waals surface area contributed by atoms with Gasteiger partial charge in [-0.1, -0.05) is 0 Å². The predicted molar refractivity (Wildman–Crippen MR) is 111 cm³/mol. The van der Waals surface area contributed by atoms with E-state index < -0.39 is 75.4 Å². The fourth-order valence-corrected chi connectivity index (χ4v) is 5.88. The minimum absolute atomic E-state index is 0.0741. The molecule has 0 saturated carbocycles. The summed E-state index contributed by atoms with van der Waals surface area (Å²) in [5, 5.41) is 0.668. The number of aromatic nitrogens is 2. The van der Waals surface area contributed by atoms with Crippen LogP contribution in [0.1, 0.15) is 21.7 Å². The third-order valence-corrected chi connectivity index (χ3v) is 7.97. The number of nitrogens with one attached hydrogen (secondary N) is 1. The molecule has 0 unspecified atom stereocenters. The Kier molecular flexibility index (Phi) is 5.91. The van der Waals surface area contributed by atoms with Gasteiger partial charge in [0.25, 0.3) is 5.91 Å². The van der Waals surface area contributed by atoms with E-state index in [4.69, 9.17) is 10.5 Å².